The van der Waals surface area contributed by atoms with Gasteiger partial charge in [0, 0.05) is 99.9 Å². The average molecular weight is 867 g/mol. The van der Waals surface area contributed by atoms with E-state index in [0.29, 0.717) is 31.7 Å². The van der Waals surface area contributed by atoms with Gasteiger partial charge in [-0.3, -0.25) is 49.5 Å². The molecular weight excluding hydrogens is 812 g/mol. The van der Waals surface area contributed by atoms with Gasteiger partial charge in [0.1, 0.15) is 0 Å². The van der Waals surface area contributed by atoms with Crippen LogP contribution in [0.15, 0.2) is 72.8 Å². The molecule has 0 bridgehead atoms. The molecule has 21 nitrogen and oxygen atoms in total. The van der Waals surface area contributed by atoms with Crippen molar-refractivity contribution in [2.45, 2.75) is 32.8 Å². The fourth-order valence-corrected chi connectivity index (χ4v) is 6.04. The molecule has 6 rings (SSSR count). The SMILES string of the molecule is C.CN1CCCCC1.CN1CCN(C(=O)C(=O)c2ccc([N+](=O)[O-])cc2)CC1.CN1CCN(C(=O)C(O)c2ccc([N+](=O)[O-])cc2)CC1.O=C(O)C(=O)c1ccc([N+](=O)[O-])cc1. The Labute approximate surface area is 358 Å². The highest BCUT2D eigenvalue weighted by atomic mass is 16.6. The number of ketones is 2. The monoisotopic (exact) mass is 866 g/mol. The quantitative estimate of drug-likeness (QED) is 0.135. The Balaban J connectivity index is 0.000000298. The molecule has 0 spiro atoms. The number of aliphatic hydroxyl groups excluding tert-OH is 1. The van der Waals surface area contributed by atoms with E-state index in [1.807, 2.05) is 14.1 Å². The number of piperazine rings is 2. The second kappa shape index (κ2) is 25.3. The maximum atomic E-state index is 12.1. The van der Waals surface area contributed by atoms with Gasteiger partial charge in [0.2, 0.25) is 5.78 Å². The lowest BCUT2D eigenvalue weighted by Gasteiger charge is -2.33. The zero-order valence-corrected chi connectivity index (χ0v) is 34.2. The number of amides is 2. The molecule has 3 saturated heterocycles. The van der Waals surface area contributed by atoms with Crippen molar-refractivity contribution < 1.29 is 49.0 Å². The summed E-state index contributed by atoms with van der Waals surface area (Å²) >= 11 is 0. The highest BCUT2D eigenvalue weighted by molar-refractivity contribution is 6.42. The van der Waals surface area contributed by atoms with Crippen LogP contribution in [0.25, 0.3) is 0 Å². The van der Waals surface area contributed by atoms with Crippen molar-refractivity contribution in [2.24, 2.45) is 0 Å². The van der Waals surface area contributed by atoms with E-state index >= 15 is 0 Å². The van der Waals surface area contributed by atoms with Crippen molar-refractivity contribution >= 4 is 46.4 Å². The molecular formula is C41H54N8O13. The molecule has 3 fully saturated rings. The molecule has 1 unspecified atom stereocenters. The number of piperidine rings is 1. The number of nitro groups is 3. The number of hydrogen-bond donors (Lipinski definition) is 2. The number of nitrogens with zero attached hydrogens (tertiary/aromatic N) is 8. The molecule has 62 heavy (non-hydrogen) atoms. The van der Waals surface area contributed by atoms with E-state index in [9.17, 15) is 59.4 Å². The summed E-state index contributed by atoms with van der Waals surface area (Å²) in [4.78, 5) is 96.7. The number of carboxylic acid groups (broad SMARTS) is 1. The smallest absolute Gasteiger partial charge is 0.377 e. The molecule has 0 aliphatic carbocycles. The third-order valence-corrected chi connectivity index (χ3v) is 9.91. The molecule has 3 heterocycles. The topological polar surface area (TPSA) is 271 Å². The number of carbonyl (C=O) groups excluding carboxylic acids is 4. The molecule has 2 amide bonds. The summed E-state index contributed by atoms with van der Waals surface area (Å²) in [5.41, 5.74) is 0.121. The van der Waals surface area contributed by atoms with Crippen LogP contribution < -0.4 is 0 Å². The van der Waals surface area contributed by atoms with Gasteiger partial charge >= 0.3 is 5.97 Å². The molecule has 0 aromatic heterocycles. The lowest BCUT2D eigenvalue weighted by molar-refractivity contribution is -0.385. The summed E-state index contributed by atoms with van der Waals surface area (Å²) in [7, 11) is 6.13. The van der Waals surface area contributed by atoms with Crippen LogP contribution in [0.2, 0.25) is 0 Å². The normalized spacial score (nSPS) is 15.9. The summed E-state index contributed by atoms with van der Waals surface area (Å²) in [6.45, 7) is 7.87. The predicted molar refractivity (Wildman–Crippen MR) is 227 cm³/mol. The minimum Gasteiger partial charge on any atom is -0.475 e. The Morgan fingerprint density at radius 3 is 1.19 bits per heavy atom. The highest BCUT2D eigenvalue weighted by Crippen LogP contribution is 2.20. The fraction of sp³-hybridized carbons (Fsp3) is 0.439. The number of aliphatic hydroxyl groups is 1. The third kappa shape index (κ3) is 16.1. The fourth-order valence-electron chi connectivity index (χ4n) is 6.04. The van der Waals surface area contributed by atoms with Crippen LogP contribution in [-0.2, 0) is 14.4 Å². The molecule has 0 radical (unpaired) electrons. The lowest BCUT2D eigenvalue weighted by Crippen LogP contribution is -2.49. The number of carboxylic acids is 1. The van der Waals surface area contributed by atoms with E-state index in [-0.39, 0.29) is 41.5 Å². The summed E-state index contributed by atoms with van der Waals surface area (Å²) in [6, 6.07) is 14.9. The zero-order chi connectivity index (χ0) is 45.2. The summed E-state index contributed by atoms with van der Waals surface area (Å²) in [6.07, 6.45) is 3.01. The molecule has 0 saturated carbocycles. The van der Waals surface area contributed by atoms with Crippen LogP contribution in [-0.4, -0.2) is 165 Å². The highest BCUT2D eigenvalue weighted by Gasteiger charge is 2.28. The standard InChI is InChI=1S/C13H17N3O4.C13H15N3O4.C8H5NO5.C6H13N.CH4/c2*1-14-6-8-15(9-7-14)13(18)12(17)10-2-4-11(5-3-10)16(19)20;10-7(8(11)12)5-1-3-6(4-2-5)9(13)14;1-7-5-3-2-4-6-7;/h2-5,12,17H,6-9H2,1H3;2-5H,6-9H2,1H3;1-4H,(H,11,12);2-6H2,1H3;1H4. The van der Waals surface area contributed by atoms with Crippen molar-refractivity contribution in [1.82, 2.24) is 24.5 Å². The Hall–Kier alpha value is -6.55. The van der Waals surface area contributed by atoms with E-state index in [2.05, 4.69) is 21.7 Å². The number of carbonyl (C=O) groups is 5. The largest absolute Gasteiger partial charge is 0.475 e. The first-order valence-corrected chi connectivity index (χ1v) is 19.3. The van der Waals surface area contributed by atoms with Crippen molar-refractivity contribution in [3.8, 4) is 0 Å². The van der Waals surface area contributed by atoms with E-state index in [1.54, 1.807) is 4.90 Å². The van der Waals surface area contributed by atoms with Gasteiger partial charge in [-0.1, -0.05) is 13.8 Å². The molecule has 21 heteroatoms. The van der Waals surface area contributed by atoms with Gasteiger partial charge in [0.15, 0.2) is 6.10 Å². The van der Waals surface area contributed by atoms with Crippen LogP contribution >= 0.6 is 0 Å². The van der Waals surface area contributed by atoms with Crippen LogP contribution in [0.5, 0.6) is 0 Å². The van der Waals surface area contributed by atoms with Crippen molar-refractivity contribution in [1.29, 1.82) is 0 Å². The Morgan fingerprint density at radius 2 is 0.855 bits per heavy atom. The van der Waals surface area contributed by atoms with Gasteiger partial charge in [0.05, 0.1) is 14.8 Å². The van der Waals surface area contributed by atoms with E-state index < -0.39 is 44.3 Å². The van der Waals surface area contributed by atoms with Gasteiger partial charge in [-0.05, 0) is 89.0 Å². The summed E-state index contributed by atoms with van der Waals surface area (Å²) in [5.74, 6) is -4.19. The summed E-state index contributed by atoms with van der Waals surface area (Å²) < 4.78 is 0. The Bertz CT molecular complexity index is 1990. The number of likely N-dealkylation sites (tertiary alicyclic amines) is 1. The number of benzene rings is 3. The average Bonchev–Trinajstić information content (AvgIpc) is 3.26. The molecule has 3 aromatic rings. The number of likely N-dealkylation sites (N-methyl/N-ethyl adjacent to an activating group) is 2. The van der Waals surface area contributed by atoms with Gasteiger partial charge < -0.3 is 34.7 Å². The molecule has 3 aliphatic rings. The Kier molecular flexibility index (Phi) is 21.0. The second-order valence-corrected chi connectivity index (χ2v) is 14.4. The van der Waals surface area contributed by atoms with Crippen LogP contribution in [0.3, 0.4) is 0 Å². The number of non-ortho nitro benzene ring substituents is 3. The van der Waals surface area contributed by atoms with Gasteiger partial charge in [0.25, 0.3) is 34.7 Å². The van der Waals surface area contributed by atoms with E-state index in [4.69, 9.17) is 5.11 Å². The van der Waals surface area contributed by atoms with Crippen molar-refractivity contribution in [3.05, 3.63) is 120 Å². The lowest BCUT2D eigenvalue weighted by atomic mass is 10.1. The van der Waals surface area contributed by atoms with Gasteiger partial charge in [-0.25, -0.2) is 4.79 Å². The van der Waals surface area contributed by atoms with Crippen LogP contribution in [0.4, 0.5) is 17.1 Å². The van der Waals surface area contributed by atoms with E-state index in [1.165, 1.54) is 85.8 Å². The van der Waals surface area contributed by atoms with Gasteiger partial charge in [-0.2, -0.15) is 0 Å². The number of Topliss-reactive ketones (excluding diaryl/α,β-unsaturated/α-hetero) is 2. The molecule has 3 aliphatic heterocycles. The first-order valence-electron chi connectivity index (χ1n) is 19.3. The predicted octanol–water partition coefficient (Wildman–Crippen LogP) is 3.55. The molecule has 3 aromatic carbocycles. The maximum absolute atomic E-state index is 12.1. The Morgan fingerprint density at radius 1 is 0.516 bits per heavy atom. The van der Waals surface area contributed by atoms with E-state index in [0.717, 1.165) is 50.4 Å². The molecule has 1 atom stereocenters. The minimum atomic E-state index is -1.58. The number of nitro benzene ring substituents is 3. The number of hydrogen-bond acceptors (Lipinski definition) is 15. The van der Waals surface area contributed by atoms with Gasteiger partial charge in [-0.15, -0.1) is 0 Å². The maximum Gasteiger partial charge on any atom is 0.377 e. The number of aliphatic carboxylic acids is 1. The third-order valence-electron chi connectivity index (χ3n) is 9.91. The first-order chi connectivity index (χ1) is 28.9. The summed E-state index contributed by atoms with van der Waals surface area (Å²) in [5, 5.41) is 49.7. The zero-order valence-electron chi connectivity index (χ0n) is 34.2. The second-order valence-electron chi connectivity index (χ2n) is 14.4. The van der Waals surface area contributed by atoms with Crippen LogP contribution in [0, 0.1) is 30.3 Å². The first kappa shape index (κ1) is 51.6. The van der Waals surface area contributed by atoms with Crippen molar-refractivity contribution in [3.63, 3.8) is 0 Å². The molecule has 2 N–H and O–H groups in total. The molecule has 336 valence electrons. The number of rotatable bonds is 9. The van der Waals surface area contributed by atoms with Crippen molar-refractivity contribution in [2.75, 3.05) is 86.6 Å². The van der Waals surface area contributed by atoms with Crippen LogP contribution in [0.1, 0.15) is 59.1 Å². The minimum absolute atomic E-state index is 0.